The van der Waals surface area contributed by atoms with Gasteiger partial charge in [0, 0.05) is 36.6 Å². The molecule has 1 N–H and O–H groups in total. The standard InChI is InChI=1S/C17H22FN3/c1-17(2,3)20-12-13-10-11-19-16(15(13)18)21(4)14-8-6-5-7-9-14/h5-11,20H,12H2,1-4H3. The van der Waals surface area contributed by atoms with Crippen molar-refractivity contribution in [3.8, 4) is 0 Å². The fourth-order valence-corrected chi connectivity index (χ4v) is 1.98. The van der Waals surface area contributed by atoms with Crippen LogP contribution in [-0.2, 0) is 6.54 Å². The van der Waals surface area contributed by atoms with Crippen molar-refractivity contribution in [2.45, 2.75) is 32.9 Å². The van der Waals surface area contributed by atoms with Crippen LogP contribution >= 0.6 is 0 Å². The first-order valence-electron chi connectivity index (χ1n) is 7.06. The second kappa shape index (κ2) is 6.22. The first-order chi connectivity index (χ1) is 9.88. The molecule has 1 aromatic carbocycles. The van der Waals surface area contributed by atoms with E-state index in [-0.39, 0.29) is 11.4 Å². The first-order valence-corrected chi connectivity index (χ1v) is 7.06. The molecule has 0 aliphatic carbocycles. The van der Waals surface area contributed by atoms with Crippen LogP contribution in [0.2, 0.25) is 0 Å². The van der Waals surface area contributed by atoms with E-state index in [1.165, 1.54) is 0 Å². The highest BCUT2D eigenvalue weighted by molar-refractivity contribution is 5.59. The third-order valence-corrected chi connectivity index (χ3v) is 3.22. The highest BCUT2D eigenvalue weighted by atomic mass is 19.1. The summed E-state index contributed by atoms with van der Waals surface area (Å²) < 4.78 is 14.6. The summed E-state index contributed by atoms with van der Waals surface area (Å²) in [5, 5.41) is 3.30. The Morgan fingerprint density at radius 1 is 1.14 bits per heavy atom. The second-order valence-corrected chi connectivity index (χ2v) is 6.11. The third kappa shape index (κ3) is 4.02. The van der Waals surface area contributed by atoms with Crippen LogP contribution in [0.4, 0.5) is 15.9 Å². The van der Waals surface area contributed by atoms with Gasteiger partial charge in [-0.15, -0.1) is 0 Å². The van der Waals surface area contributed by atoms with Crippen molar-refractivity contribution in [3.63, 3.8) is 0 Å². The van der Waals surface area contributed by atoms with Gasteiger partial charge in [-0.1, -0.05) is 18.2 Å². The highest BCUT2D eigenvalue weighted by Gasteiger charge is 2.16. The quantitative estimate of drug-likeness (QED) is 0.925. The topological polar surface area (TPSA) is 28.2 Å². The average Bonchev–Trinajstić information content (AvgIpc) is 2.45. The van der Waals surface area contributed by atoms with Gasteiger partial charge in [0.25, 0.3) is 0 Å². The zero-order valence-electron chi connectivity index (χ0n) is 13.0. The Morgan fingerprint density at radius 3 is 2.43 bits per heavy atom. The van der Waals surface area contributed by atoms with Gasteiger partial charge in [-0.05, 0) is 39.0 Å². The van der Waals surface area contributed by atoms with Gasteiger partial charge in [0.2, 0.25) is 0 Å². The van der Waals surface area contributed by atoms with E-state index >= 15 is 0 Å². The molecule has 0 aliphatic rings. The molecule has 2 aromatic rings. The summed E-state index contributed by atoms with van der Waals surface area (Å²) >= 11 is 0. The number of rotatable bonds is 4. The van der Waals surface area contributed by atoms with Gasteiger partial charge >= 0.3 is 0 Å². The van der Waals surface area contributed by atoms with Crippen LogP contribution < -0.4 is 10.2 Å². The van der Waals surface area contributed by atoms with Crippen LogP contribution in [0.5, 0.6) is 0 Å². The van der Waals surface area contributed by atoms with Crippen molar-refractivity contribution in [2.24, 2.45) is 0 Å². The predicted octanol–water partition coefficient (Wildman–Crippen LogP) is 3.88. The summed E-state index contributed by atoms with van der Waals surface area (Å²) in [5.74, 6) is 0.0648. The minimum atomic E-state index is -0.277. The molecule has 0 atom stereocenters. The molecular formula is C17H22FN3. The van der Waals surface area contributed by atoms with Crippen LogP contribution in [0.25, 0.3) is 0 Å². The number of para-hydroxylation sites is 1. The molecule has 112 valence electrons. The number of nitrogens with zero attached hydrogens (tertiary/aromatic N) is 2. The van der Waals surface area contributed by atoms with Crippen molar-refractivity contribution < 1.29 is 4.39 Å². The SMILES string of the molecule is CN(c1ccccc1)c1nccc(CNC(C)(C)C)c1F. The molecule has 0 radical (unpaired) electrons. The maximum atomic E-state index is 14.6. The van der Waals surface area contributed by atoms with Crippen LogP contribution in [0.1, 0.15) is 26.3 Å². The Labute approximate surface area is 125 Å². The van der Waals surface area contributed by atoms with Crippen molar-refractivity contribution in [1.82, 2.24) is 10.3 Å². The maximum absolute atomic E-state index is 14.6. The molecule has 21 heavy (non-hydrogen) atoms. The largest absolute Gasteiger partial charge is 0.327 e. The van der Waals surface area contributed by atoms with E-state index in [9.17, 15) is 4.39 Å². The van der Waals surface area contributed by atoms with E-state index in [0.717, 1.165) is 5.69 Å². The van der Waals surface area contributed by atoms with Crippen LogP contribution in [0, 0.1) is 5.82 Å². The molecule has 0 amide bonds. The third-order valence-electron chi connectivity index (χ3n) is 3.22. The minimum absolute atomic E-state index is 0.0544. The summed E-state index contributed by atoms with van der Waals surface area (Å²) in [6.45, 7) is 6.66. The van der Waals surface area contributed by atoms with E-state index in [0.29, 0.717) is 17.9 Å². The van der Waals surface area contributed by atoms with Gasteiger partial charge < -0.3 is 10.2 Å². The molecule has 2 rings (SSSR count). The Morgan fingerprint density at radius 2 is 1.81 bits per heavy atom. The monoisotopic (exact) mass is 287 g/mol. The van der Waals surface area contributed by atoms with Gasteiger partial charge in [0.15, 0.2) is 11.6 Å². The highest BCUT2D eigenvalue weighted by Crippen LogP contribution is 2.25. The fraction of sp³-hybridized carbons (Fsp3) is 0.353. The lowest BCUT2D eigenvalue weighted by atomic mass is 10.1. The summed E-state index contributed by atoms with van der Waals surface area (Å²) in [6.07, 6.45) is 1.65. The molecule has 0 spiro atoms. The van der Waals surface area contributed by atoms with Crippen molar-refractivity contribution >= 4 is 11.5 Å². The number of hydrogen-bond donors (Lipinski definition) is 1. The minimum Gasteiger partial charge on any atom is -0.327 e. The zero-order chi connectivity index (χ0) is 15.5. The summed E-state index contributed by atoms with van der Waals surface area (Å²) in [4.78, 5) is 5.94. The van der Waals surface area contributed by atoms with Crippen LogP contribution in [-0.4, -0.2) is 17.6 Å². The van der Waals surface area contributed by atoms with Crippen molar-refractivity contribution in [1.29, 1.82) is 0 Å². The van der Waals surface area contributed by atoms with Gasteiger partial charge in [-0.2, -0.15) is 0 Å². The number of anilines is 2. The van der Waals surface area contributed by atoms with E-state index in [1.54, 1.807) is 17.2 Å². The molecular weight excluding hydrogens is 265 g/mol. The van der Waals surface area contributed by atoms with Gasteiger partial charge in [0.05, 0.1) is 0 Å². The summed E-state index contributed by atoms with van der Waals surface area (Å²) in [6, 6.07) is 11.4. The van der Waals surface area contributed by atoms with Crippen LogP contribution in [0.3, 0.4) is 0 Å². The maximum Gasteiger partial charge on any atom is 0.170 e. The molecule has 0 bridgehead atoms. The molecule has 0 unspecified atom stereocenters. The molecule has 0 fully saturated rings. The molecule has 4 heteroatoms. The van der Waals surface area contributed by atoms with Gasteiger partial charge in [-0.25, -0.2) is 9.37 Å². The number of aromatic nitrogens is 1. The predicted molar refractivity (Wildman–Crippen MR) is 85.3 cm³/mol. The molecule has 0 saturated heterocycles. The summed E-state index contributed by atoms with van der Waals surface area (Å²) in [5.41, 5.74) is 1.48. The lowest BCUT2D eigenvalue weighted by molar-refractivity contribution is 0.418. The second-order valence-electron chi connectivity index (χ2n) is 6.11. The Kier molecular flexibility index (Phi) is 4.58. The Hall–Kier alpha value is -1.94. The summed E-state index contributed by atoms with van der Waals surface area (Å²) in [7, 11) is 1.82. The van der Waals surface area contributed by atoms with E-state index in [2.05, 4.69) is 31.1 Å². The molecule has 1 aromatic heterocycles. The van der Waals surface area contributed by atoms with Gasteiger partial charge in [-0.3, -0.25) is 0 Å². The number of pyridine rings is 1. The number of nitrogens with one attached hydrogen (secondary N) is 1. The number of hydrogen-bond acceptors (Lipinski definition) is 3. The van der Waals surface area contributed by atoms with E-state index < -0.39 is 0 Å². The van der Waals surface area contributed by atoms with E-state index in [4.69, 9.17) is 0 Å². The van der Waals surface area contributed by atoms with Crippen molar-refractivity contribution in [3.05, 3.63) is 54.0 Å². The molecule has 0 aliphatic heterocycles. The zero-order valence-corrected chi connectivity index (χ0v) is 13.0. The smallest absolute Gasteiger partial charge is 0.170 e. The van der Waals surface area contributed by atoms with Crippen molar-refractivity contribution in [2.75, 3.05) is 11.9 Å². The Balaban J connectivity index is 2.25. The van der Waals surface area contributed by atoms with Gasteiger partial charge in [0.1, 0.15) is 0 Å². The first kappa shape index (κ1) is 15.4. The lowest BCUT2D eigenvalue weighted by Gasteiger charge is -2.23. The molecule has 3 nitrogen and oxygen atoms in total. The lowest BCUT2D eigenvalue weighted by Crippen LogP contribution is -2.35. The number of benzene rings is 1. The van der Waals surface area contributed by atoms with Crippen LogP contribution in [0.15, 0.2) is 42.6 Å². The molecule has 1 heterocycles. The Bertz CT molecular complexity index is 591. The molecule has 0 saturated carbocycles. The fourth-order valence-electron chi connectivity index (χ4n) is 1.98. The van der Waals surface area contributed by atoms with E-state index in [1.807, 2.05) is 37.4 Å². The normalized spacial score (nSPS) is 11.5. The average molecular weight is 287 g/mol. The number of halogens is 1.